The van der Waals surface area contributed by atoms with E-state index in [1.807, 2.05) is 10.3 Å². The summed E-state index contributed by atoms with van der Waals surface area (Å²) in [5.41, 5.74) is 3.72. The summed E-state index contributed by atoms with van der Waals surface area (Å²) in [4.78, 5) is 19.8. The summed E-state index contributed by atoms with van der Waals surface area (Å²) in [6.45, 7) is 10.5. The number of carbonyl (C=O) groups is 1. The molecule has 2 aromatic rings. The molecule has 7 heteroatoms. The van der Waals surface area contributed by atoms with Crippen LogP contribution in [0.4, 0.5) is 0 Å². The Morgan fingerprint density at radius 2 is 1.93 bits per heavy atom. The molecule has 1 aromatic heterocycles. The number of hydrogen-bond donors (Lipinski definition) is 0. The number of benzene rings is 1. The number of aromatic nitrogens is 2. The van der Waals surface area contributed by atoms with Crippen LogP contribution in [-0.2, 0) is 4.79 Å². The van der Waals surface area contributed by atoms with Gasteiger partial charge in [0.25, 0.3) is 0 Å². The lowest BCUT2D eigenvalue weighted by atomic mass is 9.95. The van der Waals surface area contributed by atoms with Crippen molar-refractivity contribution in [3.05, 3.63) is 46.5 Å². The van der Waals surface area contributed by atoms with E-state index in [4.69, 9.17) is 0 Å². The zero-order valence-corrected chi connectivity index (χ0v) is 18.3. The first kappa shape index (κ1) is 20.4. The molecule has 3 heterocycles. The third kappa shape index (κ3) is 5.02. The summed E-state index contributed by atoms with van der Waals surface area (Å²) < 4.78 is 3.98. The van der Waals surface area contributed by atoms with Crippen molar-refractivity contribution in [2.75, 3.05) is 45.8 Å². The van der Waals surface area contributed by atoms with E-state index in [2.05, 4.69) is 57.5 Å². The Bertz CT molecular complexity index is 786. The Morgan fingerprint density at radius 3 is 2.62 bits per heavy atom. The molecule has 2 fully saturated rings. The lowest BCUT2D eigenvalue weighted by molar-refractivity contribution is -0.134. The van der Waals surface area contributed by atoms with Gasteiger partial charge in [-0.15, -0.1) is 5.10 Å². The highest BCUT2D eigenvalue weighted by molar-refractivity contribution is 7.03. The molecule has 0 N–H and O–H groups in total. The maximum absolute atomic E-state index is 12.9. The maximum atomic E-state index is 12.9. The minimum atomic E-state index is 0.262. The zero-order valence-electron chi connectivity index (χ0n) is 17.5. The zero-order chi connectivity index (χ0) is 20.2. The maximum Gasteiger partial charge on any atom is 0.236 e. The van der Waals surface area contributed by atoms with E-state index in [1.165, 1.54) is 22.7 Å². The molecule has 0 spiro atoms. The number of likely N-dealkylation sites (tertiary alicyclic amines) is 1. The Balaban J connectivity index is 1.26. The van der Waals surface area contributed by atoms with Crippen molar-refractivity contribution in [2.24, 2.45) is 0 Å². The molecule has 29 heavy (non-hydrogen) atoms. The van der Waals surface area contributed by atoms with Gasteiger partial charge in [-0.05, 0) is 43.8 Å². The fourth-order valence-corrected chi connectivity index (χ4v) is 4.99. The molecule has 0 unspecified atom stereocenters. The highest BCUT2D eigenvalue weighted by Gasteiger charge is 2.28. The van der Waals surface area contributed by atoms with Crippen molar-refractivity contribution in [3.63, 3.8) is 0 Å². The Hall–Kier alpha value is -1.83. The molecule has 2 saturated heterocycles. The monoisotopic (exact) mass is 413 g/mol. The van der Waals surface area contributed by atoms with E-state index in [0.717, 1.165) is 57.8 Å². The number of piperazine rings is 1. The first-order valence-electron chi connectivity index (χ1n) is 10.7. The van der Waals surface area contributed by atoms with Crippen LogP contribution in [0, 0.1) is 6.92 Å². The SMILES string of the molecule is Cc1ccc([C@@H](C)N2CCN(CC(=O)N3CCC[C@H](c4csnn4)C3)CC2)cc1. The number of carbonyl (C=O) groups excluding carboxylic acids is 1. The molecule has 2 atom stereocenters. The molecule has 0 radical (unpaired) electrons. The normalized spacial score (nSPS) is 22.6. The molecule has 2 aliphatic rings. The van der Waals surface area contributed by atoms with Crippen LogP contribution < -0.4 is 0 Å². The van der Waals surface area contributed by atoms with Crippen LogP contribution in [0.25, 0.3) is 0 Å². The third-order valence-electron chi connectivity index (χ3n) is 6.44. The van der Waals surface area contributed by atoms with Crippen LogP contribution in [-0.4, -0.2) is 76.0 Å². The van der Waals surface area contributed by atoms with Crippen molar-refractivity contribution >= 4 is 17.4 Å². The van der Waals surface area contributed by atoms with Gasteiger partial charge in [0.05, 0.1) is 12.2 Å². The van der Waals surface area contributed by atoms with Gasteiger partial charge in [0, 0.05) is 56.6 Å². The quantitative estimate of drug-likeness (QED) is 0.754. The minimum absolute atomic E-state index is 0.262. The summed E-state index contributed by atoms with van der Waals surface area (Å²) in [5.74, 6) is 0.608. The second kappa shape index (κ2) is 9.32. The van der Waals surface area contributed by atoms with Gasteiger partial charge in [0.2, 0.25) is 5.91 Å². The van der Waals surface area contributed by atoms with E-state index >= 15 is 0 Å². The van der Waals surface area contributed by atoms with Crippen LogP contribution in [0.15, 0.2) is 29.6 Å². The van der Waals surface area contributed by atoms with Gasteiger partial charge in [-0.3, -0.25) is 14.6 Å². The molecule has 156 valence electrons. The molecule has 6 nitrogen and oxygen atoms in total. The number of nitrogens with zero attached hydrogens (tertiary/aromatic N) is 5. The van der Waals surface area contributed by atoms with Crippen molar-refractivity contribution < 1.29 is 4.79 Å². The van der Waals surface area contributed by atoms with E-state index in [-0.39, 0.29) is 5.91 Å². The van der Waals surface area contributed by atoms with Crippen LogP contribution >= 0.6 is 11.5 Å². The van der Waals surface area contributed by atoms with E-state index in [1.54, 1.807) is 0 Å². The Labute approximate surface area is 177 Å². The molecule has 0 bridgehead atoms. The van der Waals surface area contributed by atoms with Crippen LogP contribution in [0.5, 0.6) is 0 Å². The predicted octanol–water partition coefficient (Wildman–Crippen LogP) is 2.93. The first-order chi connectivity index (χ1) is 14.1. The molecule has 1 amide bonds. The Kier molecular flexibility index (Phi) is 6.57. The second-order valence-corrected chi connectivity index (χ2v) is 9.02. The predicted molar refractivity (Wildman–Crippen MR) is 116 cm³/mol. The van der Waals surface area contributed by atoms with Crippen molar-refractivity contribution in [1.82, 2.24) is 24.3 Å². The lowest BCUT2D eigenvalue weighted by Crippen LogP contribution is -2.51. The van der Waals surface area contributed by atoms with E-state index < -0.39 is 0 Å². The van der Waals surface area contributed by atoms with Gasteiger partial charge in [0.1, 0.15) is 0 Å². The summed E-state index contributed by atoms with van der Waals surface area (Å²) in [7, 11) is 0. The van der Waals surface area contributed by atoms with Gasteiger partial charge in [-0.25, -0.2) is 0 Å². The summed E-state index contributed by atoms with van der Waals surface area (Å²) in [6, 6.07) is 9.27. The molecule has 0 saturated carbocycles. The number of hydrogen-bond acceptors (Lipinski definition) is 6. The van der Waals surface area contributed by atoms with Gasteiger partial charge in [0.15, 0.2) is 0 Å². The number of piperidine rings is 1. The molecule has 1 aromatic carbocycles. The topological polar surface area (TPSA) is 52.6 Å². The number of rotatable bonds is 5. The largest absolute Gasteiger partial charge is 0.341 e. The number of aryl methyl sites for hydroxylation is 1. The standard InChI is InChI=1S/C22H31N5OS/c1-17-5-7-19(8-6-17)18(2)26-12-10-25(11-13-26)15-22(28)27-9-3-4-20(14-27)21-16-29-24-23-21/h5-8,16,18,20H,3-4,9-15H2,1-2H3/t18-,20+/m1/s1. The van der Waals surface area contributed by atoms with E-state index in [0.29, 0.717) is 18.5 Å². The fraction of sp³-hybridized carbons (Fsp3) is 0.591. The lowest BCUT2D eigenvalue weighted by Gasteiger charge is -2.39. The van der Waals surface area contributed by atoms with Crippen molar-refractivity contribution in [1.29, 1.82) is 0 Å². The van der Waals surface area contributed by atoms with Gasteiger partial charge in [-0.1, -0.05) is 34.3 Å². The highest BCUT2D eigenvalue weighted by Crippen LogP contribution is 2.26. The minimum Gasteiger partial charge on any atom is -0.341 e. The van der Waals surface area contributed by atoms with Crippen molar-refractivity contribution in [3.8, 4) is 0 Å². The van der Waals surface area contributed by atoms with Crippen LogP contribution in [0.1, 0.15) is 48.5 Å². The van der Waals surface area contributed by atoms with Gasteiger partial charge >= 0.3 is 0 Å². The second-order valence-electron chi connectivity index (χ2n) is 8.41. The van der Waals surface area contributed by atoms with Crippen molar-refractivity contribution in [2.45, 2.75) is 38.6 Å². The Morgan fingerprint density at radius 1 is 1.17 bits per heavy atom. The molecule has 2 aliphatic heterocycles. The smallest absolute Gasteiger partial charge is 0.236 e. The summed E-state index contributed by atoms with van der Waals surface area (Å²) in [5, 5.41) is 6.24. The average molecular weight is 414 g/mol. The summed E-state index contributed by atoms with van der Waals surface area (Å²) >= 11 is 1.40. The third-order valence-corrected chi connectivity index (χ3v) is 6.97. The fourth-order valence-electron chi connectivity index (χ4n) is 4.45. The molecule has 4 rings (SSSR count). The molecular formula is C22H31N5OS. The highest BCUT2D eigenvalue weighted by atomic mass is 32.1. The summed E-state index contributed by atoms with van der Waals surface area (Å²) in [6.07, 6.45) is 2.15. The number of amides is 1. The van der Waals surface area contributed by atoms with Gasteiger partial charge < -0.3 is 4.90 Å². The molecular weight excluding hydrogens is 382 g/mol. The van der Waals surface area contributed by atoms with E-state index in [9.17, 15) is 4.79 Å². The molecule has 0 aliphatic carbocycles. The van der Waals surface area contributed by atoms with Gasteiger partial charge in [-0.2, -0.15) is 0 Å². The average Bonchev–Trinajstić information content (AvgIpc) is 3.29. The first-order valence-corrected chi connectivity index (χ1v) is 11.5. The van der Waals surface area contributed by atoms with Crippen LogP contribution in [0.2, 0.25) is 0 Å². The van der Waals surface area contributed by atoms with Crippen LogP contribution in [0.3, 0.4) is 0 Å².